The Morgan fingerprint density at radius 2 is 2.29 bits per heavy atom. The molecule has 28 heavy (non-hydrogen) atoms. The zero-order chi connectivity index (χ0) is 19.1. The van der Waals surface area contributed by atoms with Gasteiger partial charge in [-0.25, -0.2) is 14.5 Å². The second-order valence-corrected chi connectivity index (χ2v) is 7.22. The first-order valence-electron chi connectivity index (χ1n) is 8.50. The van der Waals surface area contributed by atoms with Crippen molar-refractivity contribution in [2.45, 2.75) is 37.6 Å². The molecule has 1 aromatic heterocycles. The number of hydroxylamine groups is 3. The number of aryl methyl sites for hydroxylation is 1. The normalized spacial score (nSPS) is 27.2. The van der Waals surface area contributed by atoms with Crippen LogP contribution in [0.4, 0.5) is 4.79 Å². The number of hydrogen-bond acceptors (Lipinski definition) is 8. The average Bonchev–Trinajstić information content (AvgIpc) is 3.14. The molecule has 0 aliphatic carbocycles. The Morgan fingerprint density at radius 1 is 1.50 bits per heavy atom. The summed E-state index contributed by atoms with van der Waals surface area (Å²) in [4.78, 5) is 31.8. The molecule has 2 fully saturated rings. The van der Waals surface area contributed by atoms with Crippen molar-refractivity contribution in [3.8, 4) is 0 Å². The van der Waals surface area contributed by atoms with Crippen molar-refractivity contribution >= 4 is 23.3 Å². The Labute approximate surface area is 187 Å². The van der Waals surface area contributed by atoms with Crippen molar-refractivity contribution in [3.63, 3.8) is 0 Å². The van der Waals surface area contributed by atoms with E-state index in [0.717, 1.165) is 16.3 Å². The third kappa shape index (κ3) is 3.98. The van der Waals surface area contributed by atoms with Gasteiger partial charge < -0.3 is 16.2 Å². The van der Waals surface area contributed by atoms with E-state index in [4.69, 9.17) is 4.84 Å². The minimum atomic E-state index is -2.85. The van der Waals surface area contributed by atoms with Crippen molar-refractivity contribution < 1.29 is 58.5 Å². The predicted octanol–water partition coefficient (Wildman–Crippen LogP) is -4.28. The number of piperidine rings is 1. The van der Waals surface area contributed by atoms with Crippen LogP contribution in [0, 0.1) is 0 Å². The van der Waals surface area contributed by atoms with Gasteiger partial charge in [0.1, 0.15) is 23.5 Å². The Morgan fingerprint density at radius 3 is 3.04 bits per heavy atom. The van der Waals surface area contributed by atoms with Gasteiger partial charge in [-0.3, -0.25) is 14.3 Å². The number of rotatable bonds is 5. The molecule has 12 nitrogen and oxygen atoms in total. The number of urea groups is 1. The van der Waals surface area contributed by atoms with Crippen LogP contribution in [0.5, 0.6) is 0 Å². The molecule has 3 aliphatic rings. The third-order valence-corrected chi connectivity index (χ3v) is 5.41. The van der Waals surface area contributed by atoms with E-state index in [-0.39, 0.29) is 49.7 Å². The molecule has 2 bridgehead atoms. The molecule has 150 valence electrons. The summed E-state index contributed by atoms with van der Waals surface area (Å²) in [5.41, 5.74) is 4.32. The molecule has 4 heterocycles. The van der Waals surface area contributed by atoms with E-state index >= 15 is 0 Å². The molecule has 0 saturated carbocycles. The fraction of sp³-hybridized carbons (Fsp3) is 0.643. The van der Waals surface area contributed by atoms with Crippen molar-refractivity contribution in [1.29, 1.82) is 0 Å². The van der Waals surface area contributed by atoms with Crippen LogP contribution in [0.1, 0.15) is 31.6 Å². The third-order valence-electron chi connectivity index (χ3n) is 5.13. The monoisotopic (exact) mass is 423 g/mol. The van der Waals surface area contributed by atoms with Crippen LogP contribution in [0.15, 0.2) is 6.20 Å². The Kier molecular flexibility index (Phi) is 6.76. The fourth-order valence-electron chi connectivity index (χ4n) is 3.77. The quantitative estimate of drug-likeness (QED) is 0.275. The van der Waals surface area contributed by atoms with E-state index in [1.54, 1.807) is 10.9 Å². The molecular formula is C14H20N6NaO6S-. The Balaban J connectivity index is 0.00000150. The number of carbonyl (C=O) groups is 2. The van der Waals surface area contributed by atoms with E-state index in [2.05, 4.69) is 20.2 Å². The van der Waals surface area contributed by atoms with Gasteiger partial charge in [0, 0.05) is 32.2 Å². The van der Waals surface area contributed by atoms with Crippen LogP contribution in [0.3, 0.4) is 0 Å². The molecule has 2 unspecified atom stereocenters. The van der Waals surface area contributed by atoms with Gasteiger partial charge in [0.2, 0.25) is 0 Å². The van der Waals surface area contributed by atoms with Crippen LogP contribution >= 0.6 is 0 Å². The second kappa shape index (κ2) is 8.75. The smallest absolute Gasteiger partial charge is 1.00 e. The maximum absolute atomic E-state index is 12.6. The van der Waals surface area contributed by atoms with Crippen molar-refractivity contribution in [2.24, 2.45) is 7.05 Å². The Bertz CT molecular complexity index is 799. The van der Waals surface area contributed by atoms with Crippen LogP contribution in [-0.2, 0) is 38.9 Å². The van der Waals surface area contributed by atoms with E-state index < -0.39 is 29.3 Å². The molecule has 2 N–H and O–H groups in total. The molecule has 3 aliphatic heterocycles. The van der Waals surface area contributed by atoms with Gasteiger partial charge in [0.25, 0.3) is 5.91 Å². The summed E-state index contributed by atoms with van der Waals surface area (Å²) in [6.45, 7) is 1.42. The average molecular weight is 423 g/mol. The number of fused-ring (bicyclic) bond motifs is 3. The van der Waals surface area contributed by atoms with Gasteiger partial charge >= 0.3 is 35.6 Å². The number of amides is 3. The van der Waals surface area contributed by atoms with E-state index in [9.17, 15) is 18.4 Å². The van der Waals surface area contributed by atoms with Crippen LogP contribution < -0.4 is 40.4 Å². The van der Waals surface area contributed by atoms with Gasteiger partial charge in [-0.15, -0.1) is 0 Å². The zero-order valence-corrected chi connectivity index (χ0v) is 18.3. The second-order valence-electron chi connectivity index (χ2n) is 6.66. The van der Waals surface area contributed by atoms with Crippen molar-refractivity contribution in [3.05, 3.63) is 17.5 Å². The maximum atomic E-state index is 12.6. The molecule has 0 aromatic carbocycles. The number of carbonyl (C=O) groups excluding carboxylic acids is 2. The largest absolute Gasteiger partial charge is 1.00 e. The van der Waals surface area contributed by atoms with E-state index in [1.165, 1.54) is 4.90 Å². The Hall–Kier alpha value is -1.06. The predicted molar refractivity (Wildman–Crippen MR) is 88.8 cm³/mol. The summed E-state index contributed by atoms with van der Waals surface area (Å²) >= 11 is -2.85. The molecule has 4 atom stereocenters. The molecule has 0 radical (unpaired) electrons. The molecule has 0 spiro atoms. The molecule has 2 saturated heterocycles. The first-order valence-corrected chi connectivity index (χ1v) is 9.50. The zero-order valence-electron chi connectivity index (χ0n) is 16.5. The van der Waals surface area contributed by atoms with Gasteiger partial charge in [-0.05, 0) is 12.8 Å². The van der Waals surface area contributed by atoms with Gasteiger partial charge in [-0.2, -0.15) is 14.4 Å². The first-order chi connectivity index (χ1) is 13.0. The number of hydrogen-bond donors (Lipinski definition) is 2. The first kappa shape index (κ1) is 21.6. The summed E-state index contributed by atoms with van der Waals surface area (Å²) in [7, 11) is 1.83. The van der Waals surface area contributed by atoms with Crippen LogP contribution in [-0.4, -0.2) is 65.6 Å². The minimum Gasteiger partial charge on any atom is -1.00 e. The molecule has 4 rings (SSSR count). The van der Waals surface area contributed by atoms with Crippen molar-refractivity contribution in [1.82, 2.24) is 30.5 Å². The fourth-order valence-corrected chi connectivity index (χ4v) is 4.08. The maximum Gasteiger partial charge on any atom is 1.00 e. The minimum absolute atomic E-state index is 0. The van der Waals surface area contributed by atoms with Gasteiger partial charge in [0.15, 0.2) is 0 Å². The van der Waals surface area contributed by atoms with Crippen molar-refractivity contribution in [2.75, 3.05) is 13.1 Å². The summed E-state index contributed by atoms with van der Waals surface area (Å²) in [5.74, 6) is -0.456. The number of aromatic nitrogens is 2. The molecule has 14 heteroatoms. The summed E-state index contributed by atoms with van der Waals surface area (Å²) in [5, 5.41) is 8.20. The summed E-state index contributed by atoms with van der Waals surface area (Å²) < 4.78 is 27.8. The molecule has 1 aromatic rings. The van der Waals surface area contributed by atoms with Gasteiger partial charge in [0.05, 0.1) is 17.9 Å². The summed E-state index contributed by atoms with van der Waals surface area (Å²) in [6, 6.07) is -1.77. The number of nitrogens with one attached hydrogen (secondary N) is 2. The van der Waals surface area contributed by atoms with Crippen LogP contribution in [0.2, 0.25) is 0 Å². The van der Waals surface area contributed by atoms with E-state index in [1.807, 2.05) is 7.05 Å². The number of nitrogens with zero attached hydrogens (tertiary/aromatic N) is 4. The standard InChI is InChI=1S/C14H20N6O6S.Na.H/c1-18-11-5-15-6-12(9(11)4-16-18)25-17-13(21)10-3-2-8-7-19(10)14(22)20(8)26-27(23)24;;/h4,8,10,12,15H,2-3,5-7H2,1H3,(H,17,21)(H,23,24);;/q;+1;-1/p-1/t8-,10+,12?;;/m1../s1. The summed E-state index contributed by atoms with van der Waals surface area (Å²) in [6.07, 6.45) is 2.16. The molecular weight excluding hydrogens is 403 g/mol. The SMILES string of the molecule is Cn1ncc2c1CNCC2ONC(=O)[C@@H]1CC[C@@H]2CN1C(=O)N2OS(=O)[O-].[H-].[Na+]. The topological polar surface area (TPSA) is 141 Å². The van der Waals surface area contributed by atoms with E-state index in [0.29, 0.717) is 25.9 Å². The molecule has 3 amide bonds. The van der Waals surface area contributed by atoms with Gasteiger partial charge in [-0.1, -0.05) is 0 Å². The van der Waals surface area contributed by atoms with Crippen LogP contribution in [0.25, 0.3) is 0 Å².